The minimum absolute atomic E-state index is 1.13. The van der Waals surface area contributed by atoms with Crippen molar-refractivity contribution in [3.05, 3.63) is 0 Å². The molecule has 0 aliphatic carbocycles. The van der Waals surface area contributed by atoms with Crippen molar-refractivity contribution < 1.29 is 0 Å². The third-order valence-corrected chi connectivity index (χ3v) is 4.22. The van der Waals surface area contributed by atoms with Crippen molar-refractivity contribution in [2.45, 2.75) is 76.2 Å². The molecule has 13 heavy (non-hydrogen) atoms. The molecule has 0 radical (unpaired) electrons. The molecule has 0 N–H and O–H groups in total. The standard InChI is InChI=1S/C12H23B/c1-2-4-8-12-9-5-7-11-13(12)10-6-3-1/h12H,1-11H2. The van der Waals surface area contributed by atoms with Crippen LogP contribution in [0.15, 0.2) is 0 Å². The molecule has 2 fully saturated rings. The van der Waals surface area contributed by atoms with Gasteiger partial charge in [-0.25, -0.2) is 0 Å². The lowest BCUT2D eigenvalue weighted by Gasteiger charge is -2.28. The summed E-state index contributed by atoms with van der Waals surface area (Å²) in [6, 6.07) is 0. The first-order valence-electron chi connectivity index (χ1n) is 6.47. The van der Waals surface area contributed by atoms with Crippen molar-refractivity contribution in [1.29, 1.82) is 0 Å². The van der Waals surface area contributed by atoms with Crippen LogP contribution in [0.25, 0.3) is 0 Å². The van der Waals surface area contributed by atoms with Crippen molar-refractivity contribution in [3.8, 4) is 0 Å². The van der Waals surface area contributed by atoms with Crippen LogP contribution in [0.5, 0.6) is 0 Å². The molecule has 0 amide bonds. The predicted molar refractivity (Wildman–Crippen MR) is 60.7 cm³/mol. The molecule has 2 heterocycles. The van der Waals surface area contributed by atoms with Gasteiger partial charge in [0.15, 0.2) is 0 Å². The molecule has 2 rings (SSSR count). The van der Waals surface area contributed by atoms with Gasteiger partial charge < -0.3 is 0 Å². The Kier molecular flexibility index (Phi) is 3.75. The molecule has 0 aromatic carbocycles. The van der Waals surface area contributed by atoms with E-state index in [-0.39, 0.29) is 0 Å². The van der Waals surface area contributed by atoms with E-state index in [1.54, 1.807) is 25.5 Å². The predicted octanol–water partition coefficient (Wildman–Crippen LogP) is 4.39. The second-order valence-corrected chi connectivity index (χ2v) is 5.15. The van der Waals surface area contributed by atoms with E-state index in [1.165, 1.54) is 44.9 Å². The summed E-state index contributed by atoms with van der Waals surface area (Å²) in [7, 11) is 0. The number of fused-ring (bicyclic) bond motifs is 1. The van der Waals surface area contributed by atoms with Crippen molar-refractivity contribution in [2.75, 3.05) is 0 Å². The molecule has 0 aromatic rings. The smallest absolute Gasteiger partial charge is 0.0739 e. The summed E-state index contributed by atoms with van der Waals surface area (Å²) < 4.78 is 0. The van der Waals surface area contributed by atoms with E-state index < -0.39 is 0 Å². The molecule has 0 aromatic heterocycles. The lowest BCUT2D eigenvalue weighted by molar-refractivity contribution is 0.550. The molecule has 74 valence electrons. The van der Waals surface area contributed by atoms with E-state index in [9.17, 15) is 0 Å². The van der Waals surface area contributed by atoms with E-state index in [1.807, 2.05) is 0 Å². The summed E-state index contributed by atoms with van der Waals surface area (Å²) in [4.78, 5) is 0. The van der Waals surface area contributed by atoms with Crippen LogP contribution in [0.4, 0.5) is 0 Å². The van der Waals surface area contributed by atoms with Crippen molar-refractivity contribution in [2.24, 2.45) is 0 Å². The molecular formula is C12H23B. The molecule has 1 heteroatoms. The fourth-order valence-corrected chi connectivity index (χ4v) is 3.39. The van der Waals surface area contributed by atoms with Gasteiger partial charge in [0, 0.05) is 0 Å². The number of rotatable bonds is 0. The molecule has 1 unspecified atom stereocenters. The topological polar surface area (TPSA) is 0 Å². The summed E-state index contributed by atoms with van der Waals surface area (Å²) in [5.74, 6) is 1.13. The Balaban J connectivity index is 1.88. The maximum Gasteiger partial charge on any atom is 0.143 e. The number of hydrogen-bond acceptors (Lipinski definition) is 0. The van der Waals surface area contributed by atoms with Crippen LogP contribution >= 0.6 is 0 Å². The Morgan fingerprint density at radius 1 is 0.615 bits per heavy atom. The van der Waals surface area contributed by atoms with E-state index in [0.29, 0.717) is 0 Å². The minimum Gasteiger partial charge on any atom is -0.0739 e. The Hall–Kier alpha value is 0.0649. The van der Waals surface area contributed by atoms with E-state index in [4.69, 9.17) is 0 Å². The van der Waals surface area contributed by atoms with E-state index in [0.717, 1.165) is 12.5 Å². The Labute approximate surface area is 83.6 Å². The van der Waals surface area contributed by atoms with Gasteiger partial charge >= 0.3 is 0 Å². The highest BCUT2D eigenvalue weighted by atomic mass is 14.1. The molecule has 2 aliphatic rings. The fraction of sp³-hybridized carbons (Fsp3) is 1.00. The van der Waals surface area contributed by atoms with Crippen LogP contribution < -0.4 is 0 Å². The molecular weight excluding hydrogens is 155 g/mol. The fourth-order valence-electron chi connectivity index (χ4n) is 3.39. The zero-order valence-electron chi connectivity index (χ0n) is 8.93. The second-order valence-electron chi connectivity index (χ2n) is 5.15. The van der Waals surface area contributed by atoms with Gasteiger partial charge in [-0.2, -0.15) is 0 Å². The summed E-state index contributed by atoms with van der Waals surface area (Å²) >= 11 is 0. The van der Waals surface area contributed by atoms with Gasteiger partial charge in [-0.05, 0) is 0 Å². The van der Waals surface area contributed by atoms with Crippen LogP contribution in [0.1, 0.15) is 57.8 Å². The molecule has 0 saturated carbocycles. The van der Waals surface area contributed by atoms with Crippen LogP contribution in [-0.2, 0) is 0 Å². The summed E-state index contributed by atoms with van der Waals surface area (Å²) in [6.07, 6.45) is 16.9. The summed E-state index contributed by atoms with van der Waals surface area (Å²) in [5.41, 5.74) is 0. The van der Waals surface area contributed by atoms with Crippen LogP contribution in [-0.4, -0.2) is 6.71 Å². The van der Waals surface area contributed by atoms with E-state index in [2.05, 4.69) is 0 Å². The summed E-state index contributed by atoms with van der Waals surface area (Å²) in [6.45, 7) is 1.13. The Bertz CT molecular complexity index is 128. The SMILES string of the molecule is C1CCCB2CCCCC2CCC1. The van der Waals surface area contributed by atoms with Gasteiger partial charge in [0.25, 0.3) is 0 Å². The lowest BCUT2D eigenvalue weighted by atomic mass is 9.33. The highest BCUT2D eigenvalue weighted by molar-refractivity contribution is 6.60. The molecule has 2 saturated heterocycles. The third-order valence-electron chi connectivity index (χ3n) is 4.22. The first kappa shape index (κ1) is 9.61. The molecule has 0 nitrogen and oxygen atoms in total. The highest BCUT2D eigenvalue weighted by Gasteiger charge is 2.27. The zero-order valence-corrected chi connectivity index (χ0v) is 8.93. The lowest BCUT2D eigenvalue weighted by Crippen LogP contribution is -2.23. The zero-order chi connectivity index (χ0) is 8.93. The first-order chi connectivity index (χ1) is 6.47. The van der Waals surface area contributed by atoms with Gasteiger partial charge in [-0.1, -0.05) is 76.2 Å². The Morgan fingerprint density at radius 2 is 1.15 bits per heavy atom. The van der Waals surface area contributed by atoms with Gasteiger partial charge in [0.2, 0.25) is 0 Å². The minimum atomic E-state index is 1.13. The first-order valence-corrected chi connectivity index (χ1v) is 6.47. The molecule has 1 atom stereocenters. The van der Waals surface area contributed by atoms with Crippen LogP contribution in [0, 0.1) is 0 Å². The molecule has 2 aliphatic heterocycles. The normalized spacial score (nSPS) is 31.4. The second kappa shape index (κ2) is 5.07. The largest absolute Gasteiger partial charge is 0.143 e. The summed E-state index contributed by atoms with van der Waals surface area (Å²) in [5, 5.41) is 0. The third kappa shape index (κ3) is 2.75. The average Bonchev–Trinajstić information content (AvgIpc) is 2.28. The van der Waals surface area contributed by atoms with E-state index >= 15 is 0 Å². The van der Waals surface area contributed by atoms with Crippen molar-refractivity contribution in [1.82, 2.24) is 0 Å². The van der Waals surface area contributed by atoms with Gasteiger partial charge in [-0.3, -0.25) is 0 Å². The van der Waals surface area contributed by atoms with Crippen LogP contribution in [0.2, 0.25) is 18.5 Å². The highest BCUT2D eigenvalue weighted by Crippen LogP contribution is 2.37. The molecule has 0 spiro atoms. The van der Waals surface area contributed by atoms with Crippen molar-refractivity contribution >= 4 is 6.71 Å². The average molecular weight is 178 g/mol. The molecule has 0 bridgehead atoms. The van der Waals surface area contributed by atoms with Gasteiger partial charge in [0.05, 0.1) is 0 Å². The van der Waals surface area contributed by atoms with Gasteiger partial charge in [0.1, 0.15) is 6.71 Å². The quantitative estimate of drug-likeness (QED) is 0.482. The monoisotopic (exact) mass is 178 g/mol. The maximum atomic E-state index is 1.56. The van der Waals surface area contributed by atoms with Crippen molar-refractivity contribution in [3.63, 3.8) is 0 Å². The Morgan fingerprint density at radius 3 is 2.00 bits per heavy atom. The number of hydrogen-bond donors (Lipinski definition) is 0. The van der Waals surface area contributed by atoms with Gasteiger partial charge in [-0.15, -0.1) is 0 Å². The van der Waals surface area contributed by atoms with Crippen LogP contribution in [0.3, 0.4) is 0 Å². The maximum absolute atomic E-state index is 1.56.